The molecule has 0 nitrogen and oxygen atoms in total. The van der Waals surface area contributed by atoms with E-state index in [2.05, 4.69) is 24.3 Å². The van der Waals surface area contributed by atoms with Crippen molar-refractivity contribution in [3.63, 3.8) is 0 Å². The Kier molecular flexibility index (Phi) is 1.31. The second kappa shape index (κ2) is 2.35. The first-order chi connectivity index (χ1) is 5.93. The molecular formula is C12H13. The Hall–Kier alpha value is -0.780. The largest absolute Gasteiger partial charge is 0.0584 e. The molecule has 61 valence electrons. The maximum absolute atomic E-state index is 3.42. The zero-order chi connectivity index (χ0) is 7.97. The molecule has 2 saturated carbocycles. The molecule has 1 aromatic carbocycles. The Morgan fingerprint density at radius 1 is 1.00 bits per heavy atom. The van der Waals surface area contributed by atoms with Gasteiger partial charge < -0.3 is 0 Å². The lowest BCUT2D eigenvalue weighted by molar-refractivity contribution is 1.08. The minimum absolute atomic E-state index is 0.859. The van der Waals surface area contributed by atoms with Gasteiger partial charge in [-0.2, -0.15) is 0 Å². The van der Waals surface area contributed by atoms with Crippen molar-refractivity contribution >= 4 is 0 Å². The van der Waals surface area contributed by atoms with E-state index < -0.39 is 0 Å². The first kappa shape index (κ1) is 6.71. The Balaban J connectivity index is 1.86. The van der Waals surface area contributed by atoms with Crippen LogP contribution in [0.2, 0.25) is 0 Å². The maximum Gasteiger partial charge on any atom is -0.0143 e. The average Bonchev–Trinajstić information content (AvgIpc) is 2.98. The van der Waals surface area contributed by atoms with Crippen LogP contribution in [0.15, 0.2) is 18.2 Å². The van der Waals surface area contributed by atoms with Crippen LogP contribution in [0.1, 0.15) is 48.6 Å². The van der Waals surface area contributed by atoms with Crippen LogP contribution in [0, 0.1) is 6.07 Å². The highest BCUT2D eigenvalue weighted by molar-refractivity contribution is 5.30. The van der Waals surface area contributed by atoms with Crippen LogP contribution in [-0.4, -0.2) is 0 Å². The molecular weight excluding hydrogens is 144 g/mol. The van der Waals surface area contributed by atoms with Crippen molar-refractivity contribution in [1.82, 2.24) is 0 Å². The van der Waals surface area contributed by atoms with E-state index in [9.17, 15) is 0 Å². The molecule has 12 heavy (non-hydrogen) atoms. The zero-order valence-electron chi connectivity index (χ0n) is 7.22. The second-order valence-corrected chi connectivity index (χ2v) is 4.13. The summed E-state index contributed by atoms with van der Waals surface area (Å²) >= 11 is 0. The number of benzene rings is 1. The van der Waals surface area contributed by atoms with E-state index in [0.29, 0.717) is 0 Å². The van der Waals surface area contributed by atoms with Crippen LogP contribution >= 0.6 is 0 Å². The monoisotopic (exact) mass is 157 g/mol. The van der Waals surface area contributed by atoms with Gasteiger partial charge in [0, 0.05) is 0 Å². The topological polar surface area (TPSA) is 0 Å². The fourth-order valence-corrected chi connectivity index (χ4v) is 1.77. The summed E-state index contributed by atoms with van der Waals surface area (Å²) in [5.41, 5.74) is 2.96. The SMILES string of the molecule is [c]1cc(C2CC2)ccc1C1CC1. The van der Waals surface area contributed by atoms with Crippen LogP contribution in [0.5, 0.6) is 0 Å². The minimum Gasteiger partial charge on any atom is -0.0584 e. The highest BCUT2D eigenvalue weighted by atomic mass is 14.3. The molecule has 2 aliphatic rings. The number of rotatable bonds is 2. The fraction of sp³-hybridized carbons (Fsp3) is 0.500. The summed E-state index contributed by atoms with van der Waals surface area (Å²) < 4.78 is 0. The molecule has 0 heteroatoms. The molecule has 0 aromatic heterocycles. The quantitative estimate of drug-likeness (QED) is 0.618. The van der Waals surface area contributed by atoms with Gasteiger partial charge in [-0.3, -0.25) is 0 Å². The summed E-state index contributed by atoms with van der Waals surface area (Å²) in [6.07, 6.45) is 5.58. The van der Waals surface area contributed by atoms with E-state index in [4.69, 9.17) is 0 Å². The Morgan fingerprint density at radius 3 is 2.25 bits per heavy atom. The summed E-state index contributed by atoms with van der Waals surface area (Å²) in [6.45, 7) is 0. The van der Waals surface area contributed by atoms with Crippen LogP contribution < -0.4 is 0 Å². The third kappa shape index (κ3) is 1.16. The Morgan fingerprint density at radius 2 is 1.75 bits per heavy atom. The van der Waals surface area contributed by atoms with E-state index in [0.717, 1.165) is 11.8 Å². The summed E-state index contributed by atoms with van der Waals surface area (Å²) in [5.74, 6) is 1.74. The molecule has 1 radical (unpaired) electrons. The fourth-order valence-electron chi connectivity index (χ4n) is 1.77. The third-order valence-corrected chi connectivity index (χ3v) is 2.93. The van der Waals surface area contributed by atoms with Crippen molar-refractivity contribution in [3.8, 4) is 0 Å². The van der Waals surface area contributed by atoms with Crippen molar-refractivity contribution in [2.45, 2.75) is 37.5 Å². The number of hydrogen-bond acceptors (Lipinski definition) is 0. The van der Waals surface area contributed by atoms with Gasteiger partial charge in [0.1, 0.15) is 0 Å². The normalized spacial score (nSPS) is 22.7. The molecule has 0 bridgehead atoms. The summed E-state index contributed by atoms with van der Waals surface area (Å²) in [6, 6.07) is 10.2. The maximum atomic E-state index is 3.42. The lowest BCUT2D eigenvalue weighted by atomic mass is 10.1. The van der Waals surface area contributed by atoms with Crippen LogP contribution in [0.25, 0.3) is 0 Å². The molecule has 0 N–H and O–H groups in total. The lowest BCUT2D eigenvalue weighted by Gasteiger charge is -1.99. The van der Waals surface area contributed by atoms with E-state index in [1.54, 1.807) is 0 Å². The van der Waals surface area contributed by atoms with Gasteiger partial charge in [-0.25, -0.2) is 0 Å². The smallest absolute Gasteiger partial charge is 0.0143 e. The first-order valence-electron chi connectivity index (χ1n) is 4.95. The zero-order valence-corrected chi connectivity index (χ0v) is 7.22. The van der Waals surface area contributed by atoms with E-state index >= 15 is 0 Å². The lowest BCUT2D eigenvalue weighted by Crippen LogP contribution is -1.82. The minimum atomic E-state index is 0.859. The van der Waals surface area contributed by atoms with Gasteiger partial charge in [-0.15, -0.1) is 0 Å². The highest BCUT2D eigenvalue weighted by Crippen LogP contribution is 2.43. The van der Waals surface area contributed by atoms with Gasteiger partial charge in [0.2, 0.25) is 0 Å². The molecule has 2 aliphatic carbocycles. The highest BCUT2D eigenvalue weighted by Gasteiger charge is 2.26. The molecule has 3 rings (SSSR count). The Bertz CT molecular complexity index is 244. The first-order valence-corrected chi connectivity index (χ1v) is 4.95. The van der Waals surface area contributed by atoms with Crippen molar-refractivity contribution in [2.75, 3.05) is 0 Å². The van der Waals surface area contributed by atoms with Gasteiger partial charge in [-0.05, 0) is 54.7 Å². The molecule has 0 spiro atoms. The van der Waals surface area contributed by atoms with Gasteiger partial charge in [0.25, 0.3) is 0 Å². The van der Waals surface area contributed by atoms with Gasteiger partial charge >= 0.3 is 0 Å². The molecule has 1 aromatic rings. The van der Waals surface area contributed by atoms with Gasteiger partial charge in [0.15, 0.2) is 0 Å². The van der Waals surface area contributed by atoms with E-state index in [-0.39, 0.29) is 0 Å². The van der Waals surface area contributed by atoms with Crippen molar-refractivity contribution < 1.29 is 0 Å². The molecule has 0 atom stereocenters. The summed E-state index contributed by atoms with van der Waals surface area (Å²) in [5, 5.41) is 0. The predicted molar refractivity (Wildman–Crippen MR) is 49.2 cm³/mol. The molecule has 0 unspecified atom stereocenters. The summed E-state index contributed by atoms with van der Waals surface area (Å²) in [7, 11) is 0. The average molecular weight is 157 g/mol. The molecule has 0 amide bonds. The van der Waals surface area contributed by atoms with Crippen molar-refractivity contribution in [1.29, 1.82) is 0 Å². The molecule has 0 saturated heterocycles. The second-order valence-electron chi connectivity index (χ2n) is 4.13. The molecule has 0 aliphatic heterocycles. The van der Waals surface area contributed by atoms with Crippen molar-refractivity contribution in [3.05, 3.63) is 35.4 Å². The predicted octanol–water partition coefficient (Wildman–Crippen LogP) is 3.24. The van der Waals surface area contributed by atoms with Crippen LogP contribution in [-0.2, 0) is 0 Å². The van der Waals surface area contributed by atoms with Crippen LogP contribution in [0.4, 0.5) is 0 Å². The molecule has 0 heterocycles. The van der Waals surface area contributed by atoms with Crippen LogP contribution in [0.3, 0.4) is 0 Å². The van der Waals surface area contributed by atoms with Gasteiger partial charge in [0.05, 0.1) is 0 Å². The van der Waals surface area contributed by atoms with Gasteiger partial charge in [-0.1, -0.05) is 18.2 Å². The van der Waals surface area contributed by atoms with E-state index in [1.165, 1.54) is 36.8 Å². The standard InChI is InChI=1S/C12H13/c1-2-10(12-7-8-12)4-3-9(1)11-5-6-11/h1-3,11-12H,5-8H2. The number of hydrogen-bond donors (Lipinski definition) is 0. The third-order valence-electron chi connectivity index (χ3n) is 2.93. The summed E-state index contributed by atoms with van der Waals surface area (Å²) in [4.78, 5) is 0. The molecule has 2 fully saturated rings. The van der Waals surface area contributed by atoms with E-state index in [1.807, 2.05) is 0 Å². The Labute approximate surface area is 73.6 Å². The van der Waals surface area contributed by atoms with Crippen molar-refractivity contribution in [2.24, 2.45) is 0 Å².